The molecule has 7 heteroatoms. The average molecular weight is 383 g/mol. The van der Waals surface area contributed by atoms with Crippen LogP contribution in [-0.2, 0) is 14.3 Å². The summed E-state index contributed by atoms with van der Waals surface area (Å²) >= 11 is 0. The normalized spacial score (nSPS) is 26.6. The number of imide groups is 1. The van der Waals surface area contributed by atoms with E-state index in [1.54, 1.807) is 4.90 Å². The fourth-order valence-electron chi connectivity index (χ4n) is 4.38. The summed E-state index contributed by atoms with van der Waals surface area (Å²) in [5.41, 5.74) is 3.24. The number of hydrogen-bond donors (Lipinski definition) is 2. The highest BCUT2D eigenvalue weighted by Gasteiger charge is 2.53. The molecule has 0 aromatic heterocycles. The van der Waals surface area contributed by atoms with Crippen LogP contribution in [0.15, 0.2) is 35.5 Å². The van der Waals surface area contributed by atoms with E-state index in [0.717, 1.165) is 12.0 Å². The maximum Gasteiger partial charge on any atom is 0.336 e. The van der Waals surface area contributed by atoms with E-state index in [2.05, 4.69) is 24.5 Å². The number of fused-ring (bicyclic) bond motifs is 1. The van der Waals surface area contributed by atoms with Crippen LogP contribution in [0.25, 0.3) is 0 Å². The lowest BCUT2D eigenvalue weighted by Crippen LogP contribution is -2.67. The number of carbonyl (C=O) groups is 3. The number of carbonyl (C=O) groups excluding carboxylic acids is 3. The molecule has 1 fully saturated rings. The summed E-state index contributed by atoms with van der Waals surface area (Å²) < 4.78 is 5.27. The summed E-state index contributed by atoms with van der Waals surface area (Å²) in [4.78, 5) is 39.4. The first-order chi connectivity index (χ1) is 13.4. The van der Waals surface area contributed by atoms with Crippen LogP contribution in [0, 0.1) is 5.92 Å². The van der Waals surface area contributed by atoms with Gasteiger partial charge < -0.3 is 15.0 Å². The molecule has 0 aliphatic carbocycles. The molecule has 4 rings (SSSR count). The standard InChI is InChI=1S/C21H25N3O4/c1-4-9-24-18-17(19(25)23-21(24)27)15(16-14(22-18)10-28-20(16)26)13-7-5-12(6-8-13)11(2)3/h5-8,11,15,17-18,22H,4,9-10H2,1-3H3,(H,23,25,27). The fourth-order valence-corrected chi connectivity index (χ4v) is 4.38. The Morgan fingerprint density at radius 3 is 2.54 bits per heavy atom. The van der Waals surface area contributed by atoms with Crippen LogP contribution in [0.1, 0.15) is 50.2 Å². The summed E-state index contributed by atoms with van der Waals surface area (Å²) in [5.74, 6) is -1.43. The Morgan fingerprint density at radius 1 is 1.18 bits per heavy atom. The van der Waals surface area contributed by atoms with E-state index in [1.165, 1.54) is 5.56 Å². The molecule has 3 unspecified atom stereocenters. The maximum atomic E-state index is 12.9. The lowest BCUT2D eigenvalue weighted by Gasteiger charge is -2.46. The summed E-state index contributed by atoms with van der Waals surface area (Å²) in [6.45, 7) is 6.88. The van der Waals surface area contributed by atoms with Gasteiger partial charge in [0.15, 0.2) is 0 Å². The highest BCUT2D eigenvalue weighted by molar-refractivity contribution is 6.02. The largest absolute Gasteiger partial charge is 0.456 e. The van der Waals surface area contributed by atoms with Gasteiger partial charge in [0.25, 0.3) is 0 Å². The number of benzene rings is 1. The van der Waals surface area contributed by atoms with Crippen LogP contribution in [-0.4, -0.2) is 42.1 Å². The topological polar surface area (TPSA) is 87.7 Å². The van der Waals surface area contributed by atoms with Crippen LogP contribution in [0.2, 0.25) is 0 Å². The smallest absolute Gasteiger partial charge is 0.336 e. The fraction of sp³-hybridized carbons (Fsp3) is 0.476. The third-order valence-corrected chi connectivity index (χ3v) is 5.78. The zero-order chi connectivity index (χ0) is 20.0. The van der Waals surface area contributed by atoms with Gasteiger partial charge in [-0.05, 0) is 23.5 Å². The first-order valence-electron chi connectivity index (χ1n) is 9.80. The number of amides is 3. The molecule has 7 nitrogen and oxygen atoms in total. The van der Waals surface area contributed by atoms with Crippen molar-refractivity contribution in [3.8, 4) is 0 Å². The summed E-state index contributed by atoms with van der Waals surface area (Å²) in [7, 11) is 0. The van der Waals surface area contributed by atoms with Crippen molar-refractivity contribution in [3.05, 3.63) is 46.7 Å². The van der Waals surface area contributed by atoms with Crippen molar-refractivity contribution in [1.29, 1.82) is 0 Å². The van der Waals surface area contributed by atoms with Crippen molar-refractivity contribution in [2.45, 2.75) is 45.2 Å². The molecule has 0 saturated carbocycles. The molecule has 3 aliphatic rings. The number of cyclic esters (lactones) is 1. The van der Waals surface area contributed by atoms with Crippen LogP contribution < -0.4 is 10.6 Å². The number of ether oxygens (including phenoxy) is 1. The van der Waals surface area contributed by atoms with Crippen molar-refractivity contribution in [1.82, 2.24) is 15.5 Å². The lowest BCUT2D eigenvalue weighted by molar-refractivity contribution is -0.136. The molecule has 1 aromatic rings. The van der Waals surface area contributed by atoms with Gasteiger partial charge in [-0.2, -0.15) is 0 Å². The minimum absolute atomic E-state index is 0.147. The Kier molecular flexibility index (Phi) is 4.61. The molecule has 2 N–H and O–H groups in total. The Bertz CT molecular complexity index is 859. The predicted octanol–water partition coefficient (Wildman–Crippen LogP) is 2.21. The highest BCUT2D eigenvalue weighted by Crippen LogP contribution is 2.44. The van der Waals surface area contributed by atoms with Gasteiger partial charge in [-0.1, -0.05) is 45.0 Å². The molecule has 1 aromatic carbocycles. The molecule has 3 atom stereocenters. The van der Waals surface area contributed by atoms with Gasteiger partial charge in [0, 0.05) is 12.5 Å². The first-order valence-corrected chi connectivity index (χ1v) is 9.80. The van der Waals surface area contributed by atoms with Crippen LogP contribution >= 0.6 is 0 Å². The molecule has 0 radical (unpaired) electrons. The predicted molar refractivity (Wildman–Crippen MR) is 102 cm³/mol. The average Bonchev–Trinajstić information content (AvgIpc) is 3.04. The molecule has 0 spiro atoms. The molecule has 0 bridgehead atoms. The summed E-state index contributed by atoms with van der Waals surface area (Å²) in [5, 5.41) is 5.72. The molecular formula is C21H25N3O4. The zero-order valence-electron chi connectivity index (χ0n) is 16.3. The number of urea groups is 1. The van der Waals surface area contributed by atoms with Crippen LogP contribution in [0.3, 0.4) is 0 Å². The van der Waals surface area contributed by atoms with Crippen molar-refractivity contribution < 1.29 is 19.1 Å². The third-order valence-electron chi connectivity index (χ3n) is 5.78. The lowest BCUT2D eigenvalue weighted by atomic mass is 9.74. The van der Waals surface area contributed by atoms with E-state index >= 15 is 0 Å². The minimum atomic E-state index is -0.599. The Balaban J connectivity index is 1.81. The number of rotatable bonds is 4. The maximum absolute atomic E-state index is 12.9. The summed E-state index contributed by atoms with van der Waals surface area (Å²) in [6.07, 6.45) is 0.269. The van der Waals surface area contributed by atoms with Gasteiger partial charge in [0.2, 0.25) is 5.91 Å². The first kappa shape index (κ1) is 18.5. The van der Waals surface area contributed by atoms with Crippen LogP contribution in [0.4, 0.5) is 4.79 Å². The van der Waals surface area contributed by atoms with E-state index < -0.39 is 30.0 Å². The number of nitrogens with zero attached hydrogens (tertiary/aromatic N) is 1. The third kappa shape index (κ3) is 2.85. The van der Waals surface area contributed by atoms with Gasteiger partial charge in [0.05, 0.1) is 17.2 Å². The summed E-state index contributed by atoms with van der Waals surface area (Å²) in [6, 6.07) is 7.63. The Morgan fingerprint density at radius 2 is 1.89 bits per heavy atom. The Labute approximate surface area is 164 Å². The van der Waals surface area contributed by atoms with Gasteiger partial charge >= 0.3 is 12.0 Å². The van der Waals surface area contributed by atoms with Gasteiger partial charge in [-0.15, -0.1) is 0 Å². The van der Waals surface area contributed by atoms with Crippen molar-refractivity contribution in [3.63, 3.8) is 0 Å². The number of nitrogens with one attached hydrogen (secondary N) is 2. The SMILES string of the molecule is CCCN1C(=O)NC(=O)C2C(c3ccc(C(C)C)cc3)C3=C(COC3=O)NC21. The number of hydrogen-bond acceptors (Lipinski definition) is 5. The van der Waals surface area contributed by atoms with Crippen molar-refractivity contribution >= 4 is 17.9 Å². The molecule has 1 saturated heterocycles. The molecule has 28 heavy (non-hydrogen) atoms. The van der Waals surface area contributed by atoms with Crippen LogP contribution in [0.5, 0.6) is 0 Å². The quantitative estimate of drug-likeness (QED) is 0.779. The van der Waals surface area contributed by atoms with E-state index in [-0.39, 0.29) is 12.5 Å². The van der Waals surface area contributed by atoms with E-state index in [9.17, 15) is 14.4 Å². The van der Waals surface area contributed by atoms with Gasteiger partial charge in [-0.25, -0.2) is 9.59 Å². The highest BCUT2D eigenvalue weighted by atomic mass is 16.5. The molecule has 3 heterocycles. The second-order valence-corrected chi connectivity index (χ2v) is 7.87. The van der Waals surface area contributed by atoms with E-state index in [4.69, 9.17) is 4.74 Å². The monoisotopic (exact) mass is 383 g/mol. The van der Waals surface area contributed by atoms with Crippen molar-refractivity contribution in [2.24, 2.45) is 5.92 Å². The van der Waals surface area contributed by atoms with Crippen molar-refractivity contribution in [2.75, 3.05) is 13.2 Å². The molecule has 3 amide bonds. The van der Waals surface area contributed by atoms with Gasteiger partial charge in [0.1, 0.15) is 12.8 Å². The van der Waals surface area contributed by atoms with E-state index in [0.29, 0.717) is 23.7 Å². The second kappa shape index (κ2) is 6.96. The van der Waals surface area contributed by atoms with E-state index in [1.807, 2.05) is 31.2 Å². The molecule has 148 valence electrons. The second-order valence-electron chi connectivity index (χ2n) is 7.87. The van der Waals surface area contributed by atoms with Gasteiger partial charge in [-0.3, -0.25) is 10.1 Å². The Hall–Kier alpha value is -2.83. The minimum Gasteiger partial charge on any atom is -0.456 e. The zero-order valence-corrected chi connectivity index (χ0v) is 16.3. The number of esters is 1. The molecular weight excluding hydrogens is 358 g/mol. The molecule has 3 aliphatic heterocycles.